The zero-order valence-electron chi connectivity index (χ0n) is 19.2. The zero-order chi connectivity index (χ0) is 23.4. The minimum absolute atomic E-state index is 0.0476. The van der Waals surface area contributed by atoms with E-state index in [0.29, 0.717) is 38.4 Å². The van der Waals surface area contributed by atoms with Gasteiger partial charge in [-0.25, -0.2) is 0 Å². The monoisotopic (exact) mass is 460 g/mol. The number of piperazine rings is 1. The van der Waals surface area contributed by atoms with E-state index in [9.17, 15) is 18.0 Å². The third-order valence-electron chi connectivity index (χ3n) is 8.06. The molecule has 2 aliphatic heterocycles. The lowest BCUT2D eigenvalue weighted by Crippen LogP contribution is -2.49. The van der Waals surface area contributed by atoms with E-state index in [2.05, 4.69) is 30.9 Å². The van der Waals surface area contributed by atoms with Crippen LogP contribution in [-0.2, 0) is 15.7 Å². The summed E-state index contributed by atoms with van der Waals surface area (Å²) in [5.41, 5.74) is 2.78. The first kappa shape index (κ1) is 22.5. The molecule has 4 nitrogen and oxygen atoms in total. The maximum absolute atomic E-state index is 13.1. The van der Waals surface area contributed by atoms with Crippen LogP contribution in [0.15, 0.2) is 47.6 Å². The quantitative estimate of drug-likeness (QED) is 0.591. The lowest BCUT2D eigenvalue weighted by Gasteiger charge is -2.43. The van der Waals surface area contributed by atoms with Crippen molar-refractivity contribution < 1.29 is 22.7 Å². The highest BCUT2D eigenvalue weighted by Gasteiger charge is 2.51. The summed E-state index contributed by atoms with van der Waals surface area (Å²) in [6.07, 6.45) is 3.28. The number of anilines is 1. The molecule has 0 amide bonds. The number of allylic oxidation sites excluding steroid dienone is 3. The maximum Gasteiger partial charge on any atom is 0.416 e. The number of hydrogen-bond donors (Lipinski definition) is 0. The smallest absolute Gasteiger partial charge is 0.416 e. The van der Waals surface area contributed by atoms with Crippen LogP contribution in [0.25, 0.3) is 0 Å². The lowest BCUT2D eigenvalue weighted by atomic mass is 9.62. The number of rotatable bonds is 3. The molecular weight excluding hydrogens is 429 g/mol. The van der Waals surface area contributed by atoms with Gasteiger partial charge in [0.05, 0.1) is 11.5 Å². The van der Waals surface area contributed by atoms with Gasteiger partial charge in [-0.1, -0.05) is 30.7 Å². The van der Waals surface area contributed by atoms with Gasteiger partial charge in [0.2, 0.25) is 0 Å². The molecule has 1 aromatic rings. The van der Waals surface area contributed by atoms with Gasteiger partial charge in [0.1, 0.15) is 6.10 Å². The van der Waals surface area contributed by atoms with Crippen molar-refractivity contribution in [2.45, 2.75) is 45.4 Å². The Hall–Kier alpha value is -2.28. The Morgan fingerprint density at radius 2 is 1.94 bits per heavy atom. The summed E-state index contributed by atoms with van der Waals surface area (Å²) >= 11 is 0. The first-order chi connectivity index (χ1) is 15.6. The third kappa shape index (κ3) is 4.20. The number of fused-ring (bicyclic) bond motifs is 2. The summed E-state index contributed by atoms with van der Waals surface area (Å²) in [4.78, 5) is 17.1. The number of carbonyl (C=O) groups is 1. The first-order valence-corrected chi connectivity index (χ1v) is 11.9. The molecule has 0 unspecified atom stereocenters. The fourth-order valence-corrected chi connectivity index (χ4v) is 6.18. The summed E-state index contributed by atoms with van der Waals surface area (Å²) < 4.78 is 45.1. The largest absolute Gasteiger partial charge is 0.461 e. The van der Waals surface area contributed by atoms with Gasteiger partial charge in [-0.3, -0.25) is 9.69 Å². The first-order valence-electron chi connectivity index (χ1n) is 11.9. The number of esters is 1. The van der Waals surface area contributed by atoms with E-state index in [-0.39, 0.29) is 29.3 Å². The zero-order valence-corrected chi connectivity index (χ0v) is 19.2. The molecule has 0 radical (unpaired) electrons. The summed E-state index contributed by atoms with van der Waals surface area (Å²) in [5.74, 6) is -0.184. The Labute approximate surface area is 193 Å². The minimum Gasteiger partial charge on any atom is -0.461 e. The topological polar surface area (TPSA) is 32.8 Å². The van der Waals surface area contributed by atoms with Crippen LogP contribution in [0, 0.1) is 17.3 Å². The molecule has 0 spiro atoms. The van der Waals surface area contributed by atoms with E-state index in [0.717, 1.165) is 25.3 Å². The normalized spacial score (nSPS) is 32.6. The van der Waals surface area contributed by atoms with Crippen molar-refractivity contribution in [2.24, 2.45) is 17.3 Å². The van der Waals surface area contributed by atoms with Crippen LogP contribution >= 0.6 is 0 Å². The van der Waals surface area contributed by atoms with Gasteiger partial charge in [0.15, 0.2) is 0 Å². The molecule has 0 aromatic heterocycles. The van der Waals surface area contributed by atoms with Crippen LogP contribution in [0.2, 0.25) is 0 Å². The van der Waals surface area contributed by atoms with Gasteiger partial charge in [-0.05, 0) is 55.4 Å². The van der Waals surface area contributed by atoms with Crippen molar-refractivity contribution in [3.63, 3.8) is 0 Å². The van der Waals surface area contributed by atoms with E-state index >= 15 is 0 Å². The summed E-state index contributed by atoms with van der Waals surface area (Å²) in [6, 6.07) is 5.52. The number of ether oxygens (including phenoxy) is 1. The molecule has 7 heteroatoms. The number of hydrogen-bond acceptors (Lipinski definition) is 4. The van der Waals surface area contributed by atoms with Crippen molar-refractivity contribution in [3.8, 4) is 0 Å². The van der Waals surface area contributed by atoms with E-state index in [4.69, 9.17) is 4.74 Å². The lowest BCUT2D eigenvalue weighted by molar-refractivity contribution is -0.145. The highest BCUT2D eigenvalue weighted by Crippen LogP contribution is 2.52. The molecule has 1 aromatic carbocycles. The van der Waals surface area contributed by atoms with Crippen molar-refractivity contribution in [3.05, 3.63) is 53.1 Å². The van der Waals surface area contributed by atoms with Gasteiger partial charge >= 0.3 is 12.1 Å². The fourth-order valence-electron chi connectivity index (χ4n) is 6.18. The van der Waals surface area contributed by atoms with Crippen LogP contribution in [0.4, 0.5) is 18.9 Å². The van der Waals surface area contributed by atoms with E-state index < -0.39 is 11.7 Å². The number of nitrogens with zero attached hydrogens (tertiary/aromatic N) is 2. The van der Waals surface area contributed by atoms with E-state index in [1.807, 2.05) is 4.90 Å². The van der Waals surface area contributed by atoms with Crippen molar-refractivity contribution >= 4 is 11.7 Å². The summed E-state index contributed by atoms with van der Waals surface area (Å²) in [6.45, 7) is 7.80. The molecule has 0 bridgehead atoms. The van der Waals surface area contributed by atoms with Crippen molar-refractivity contribution in [2.75, 3.05) is 37.6 Å². The van der Waals surface area contributed by atoms with Crippen LogP contribution in [0.3, 0.4) is 0 Å². The van der Waals surface area contributed by atoms with Crippen LogP contribution < -0.4 is 4.90 Å². The van der Waals surface area contributed by atoms with Gasteiger partial charge in [0, 0.05) is 44.3 Å². The molecular formula is C26H31F3N2O2. The Bertz CT molecular complexity index is 993. The molecule has 2 heterocycles. The average Bonchev–Trinajstić information content (AvgIpc) is 3.06. The Morgan fingerprint density at radius 1 is 1.18 bits per heavy atom. The van der Waals surface area contributed by atoms with E-state index in [1.165, 1.54) is 23.3 Å². The Kier molecular flexibility index (Phi) is 5.58. The third-order valence-corrected chi connectivity index (χ3v) is 8.06. The van der Waals surface area contributed by atoms with Crippen LogP contribution in [-0.4, -0.2) is 49.7 Å². The maximum atomic E-state index is 13.1. The van der Waals surface area contributed by atoms with Crippen LogP contribution in [0.1, 0.15) is 38.7 Å². The number of carbonyl (C=O) groups excluding carboxylic acids is 1. The Balaban J connectivity index is 1.25. The summed E-state index contributed by atoms with van der Waals surface area (Å²) in [5, 5.41) is 0. The highest BCUT2D eigenvalue weighted by molar-refractivity contribution is 5.76. The molecule has 2 aliphatic carbocycles. The predicted molar refractivity (Wildman–Crippen MR) is 121 cm³/mol. The second-order valence-electron chi connectivity index (χ2n) is 10.3. The fraction of sp³-hybridized carbons (Fsp3) is 0.577. The number of halogens is 3. The molecule has 4 atom stereocenters. The second kappa shape index (κ2) is 8.19. The summed E-state index contributed by atoms with van der Waals surface area (Å²) in [7, 11) is 0. The molecule has 0 N–H and O–H groups in total. The predicted octanol–water partition coefficient (Wildman–Crippen LogP) is 5.06. The van der Waals surface area contributed by atoms with E-state index in [1.54, 1.807) is 6.07 Å². The standard InChI is InChI=1S/C26H31F3N2O2/c1-17-5-4-8-25(2)15-23-20(14-22(17)25)21(24(32)33-23)16-30-9-11-31(12-10-30)19-7-3-6-18(13-19)26(27,28)29/h3,5-7,13-14,20-21,23H,4,8-12,15-16H2,1-2H3/t20-,21+,23-,25-/m1/s1. The van der Waals surface area contributed by atoms with Gasteiger partial charge in [-0.15, -0.1) is 0 Å². The minimum atomic E-state index is -4.34. The SMILES string of the molecule is CC1=CCC[C@]2(C)C[C@H]3OC(=O)[C@@H](CN4CCN(c5cccc(C(F)(F)F)c5)CC4)[C@H]3C=C12. The Morgan fingerprint density at radius 3 is 2.67 bits per heavy atom. The van der Waals surface area contributed by atoms with Crippen molar-refractivity contribution in [1.29, 1.82) is 0 Å². The highest BCUT2D eigenvalue weighted by atomic mass is 19.4. The van der Waals surface area contributed by atoms with Gasteiger partial charge in [0.25, 0.3) is 0 Å². The molecule has 4 aliphatic rings. The average molecular weight is 461 g/mol. The number of alkyl halides is 3. The van der Waals surface area contributed by atoms with Gasteiger partial charge in [-0.2, -0.15) is 13.2 Å². The number of benzene rings is 1. The van der Waals surface area contributed by atoms with Crippen molar-refractivity contribution in [1.82, 2.24) is 4.90 Å². The second-order valence-corrected chi connectivity index (χ2v) is 10.3. The molecule has 2 fully saturated rings. The van der Waals surface area contributed by atoms with Crippen LogP contribution in [0.5, 0.6) is 0 Å². The molecule has 33 heavy (non-hydrogen) atoms. The molecule has 0 saturated carbocycles. The molecule has 178 valence electrons. The van der Waals surface area contributed by atoms with Gasteiger partial charge < -0.3 is 9.64 Å². The molecule has 5 rings (SSSR count). The molecule has 2 saturated heterocycles.